The quantitative estimate of drug-likeness (QED) is 0.840. The first kappa shape index (κ1) is 17.7. The molecule has 21 heavy (non-hydrogen) atoms. The summed E-state index contributed by atoms with van der Waals surface area (Å²) >= 11 is 0. The van der Waals surface area contributed by atoms with Gasteiger partial charge in [-0.1, -0.05) is 38.1 Å². The summed E-state index contributed by atoms with van der Waals surface area (Å²) in [7, 11) is 0. The summed E-state index contributed by atoms with van der Waals surface area (Å²) in [5, 5.41) is 6.45. The zero-order valence-corrected chi connectivity index (χ0v) is 14.3. The van der Waals surface area contributed by atoms with Gasteiger partial charge in [0.25, 0.3) is 0 Å². The summed E-state index contributed by atoms with van der Waals surface area (Å²) in [6, 6.07) is 8.65. The SMILES string of the molecule is CCc1ccc(C(CC)NC(C)C(=O)NC(C)(C)C)cc1. The van der Waals surface area contributed by atoms with Crippen LogP contribution in [0.1, 0.15) is 65.1 Å². The zero-order chi connectivity index (χ0) is 16.0. The average Bonchev–Trinajstić information content (AvgIpc) is 2.42. The van der Waals surface area contributed by atoms with Crippen molar-refractivity contribution < 1.29 is 4.79 Å². The second-order valence-electron chi connectivity index (χ2n) is 6.68. The van der Waals surface area contributed by atoms with Gasteiger partial charge < -0.3 is 5.32 Å². The first-order valence-corrected chi connectivity index (χ1v) is 7.93. The van der Waals surface area contributed by atoms with E-state index in [-0.39, 0.29) is 23.5 Å². The smallest absolute Gasteiger partial charge is 0.237 e. The van der Waals surface area contributed by atoms with Crippen LogP contribution >= 0.6 is 0 Å². The van der Waals surface area contributed by atoms with Crippen LogP contribution in [0.4, 0.5) is 0 Å². The molecule has 3 nitrogen and oxygen atoms in total. The minimum atomic E-state index is -0.208. The van der Waals surface area contributed by atoms with Crippen molar-refractivity contribution in [3.63, 3.8) is 0 Å². The molecule has 0 saturated carbocycles. The van der Waals surface area contributed by atoms with Crippen LogP contribution in [0.5, 0.6) is 0 Å². The van der Waals surface area contributed by atoms with Crippen molar-refractivity contribution in [1.82, 2.24) is 10.6 Å². The van der Waals surface area contributed by atoms with Crippen molar-refractivity contribution in [3.05, 3.63) is 35.4 Å². The Hall–Kier alpha value is -1.35. The maximum absolute atomic E-state index is 12.2. The molecular weight excluding hydrogens is 260 g/mol. The molecule has 1 aromatic carbocycles. The number of rotatable bonds is 6. The highest BCUT2D eigenvalue weighted by Crippen LogP contribution is 2.18. The van der Waals surface area contributed by atoms with E-state index in [0.717, 1.165) is 12.8 Å². The summed E-state index contributed by atoms with van der Waals surface area (Å²) in [4.78, 5) is 12.2. The van der Waals surface area contributed by atoms with E-state index in [0.29, 0.717) is 0 Å². The third kappa shape index (κ3) is 5.88. The predicted octanol–water partition coefficient (Wildman–Crippen LogP) is 3.59. The Balaban J connectivity index is 2.70. The molecule has 0 heterocycles. The molecule has 0 aliphatic carbocycles. The van der Waals surface area contributed by atoms with Gasteiger partial charge in [-0.05, 0) is 51.7 Å². The molecule has 2 unspecified atom stereocenters. The molecule has 0 spiro atoms. The maximum Gasteiger partial charge on any atom is 0.237 e. The van der Waals surface area contributed by atoms with E-state index in [4.69, 9.17) is 0 Å². The molecule has 1 aromatic rings. The van der Waals surface area contributed by atoms with Crippen LogP contribution in [0.3, 0.4) is 0 Å². The van der Waals surface area contributed by atoms with Crippen LogP contribution in [0.2, 0.25) is 0 Å². The topological polar surface area (TPSA) is 41.1 Å². The second kappa shape index (κ2) is 7.60. The summed E-state index contributed by atoms with van der Waals surface area (Å²) in [5.74, 6) is 0.0473. The standard InChI is InChI=1S/C18H30N2O/c1-7-14-9-11-15(12-10-14)16(8-2)19-13(3)17(21)20-18(4,5)6/h9-13,16,19H,7-8H2,1-6H3,(H,20,21). The number of carbonyl (C=O) groups excluding carboxylic acids is 1. The molecule has 0 aliphatic rings. The van der Waals surface area contributed by atoms with E-state index in [1.54, 1.807) is 0 Å². The van der Waals surface area contributed by atoms with Crippen LogP contribution in [-0.4, -0.2) is 17.5 Å². The summed E-state index contributed by atoms with van der Waals surface area (Å²) in [6.45, 7) is 12.2. The average molecular weight is 290 g/mol. The van der Waals surface area contributed by atoms with Gasteiger partial charge in [-0.3, -0.25) is 10.1 Å². The monoisotopic (exact) mass is 290 g/mol. The molecule has 0 fully saturated rings. The molecule has 0 bridgehead atoms. The van der Waals surface area contributed by atoms with E-state index in [9.17, 15) is 4.79 Å². The van der Waals surface area contributed by atoms with Gasteiger partial charge >= 0.3 is 0 Å². The highest BCUT2D eigenvalue weighted by Gasteiger charge is 2.21. The molecule has 0 aromatic heterocycles. The highest BCUT2D eigenvalue weighted by atomic mass is 16.2. The lowest BCUT2D eigenvalue weighted by Gasteiger charge is -2.26. The summed E-state index contributed by atoms with van der Waals surface area (Å²) < 4.78 is 0. The maximum atomic E-state index is 12.2. The Morgan fingerprint density at radius 2 is 1.71 bits per heavy atom. The van der Waals surface area contributed by atoms with Crippen molar-refractivity contribution in [2.45, 2.75) is 72.0 Å². The van der Waals surface area contributed by atoms with Gasteiger partial charge in [0.2, 0.25) is 5.91 Å². The minimum Gasteiger partial charge on any atom is -0.350 e. The number of amides is 1. The molecule has 0 saturated heterocycles. The van der Waals surface area contributed by atoms with Gasteiger partial charge in [0.1, 0.15) is 0 Å². The molecule has 2 N–H and O–H groups in total. The number of carbonyl (C=O) groups is 1. The van der Waals surface area contributed by atoms with E-state index in [2.05, 4.69) is 48.7 Å². The van der Waals surface area contributed by atoms with E-state index in [1.807, 2.05) is 27.7 Å². The van der Waals surface area contributed by atoms with Crippen molar-refractivity contribution in [1.29, 1.82) is 0 Å². The zero-order valence-electron chi connectivity index (χ0n) is 14.3. The molecule has 1 rings (SSSR count). The van der Waals surface area contributed by atoms with Gasteiger partial charge in [0.15, 0.2) is 0 Å². The number of hydrogen-bond donors (Lipinski definition) is 2. The van der Waals surface area contributed by atoms with Crippen LogP contribution in [0.15, 0.2) is 24.3 Å². The van der Waals surface area contributed by atoms with E-state index < -0.39 is 0 Å². The van der Waals surface area contributed by atoms with Crippen molar-refractivity contribution in [3.8, 4) is 0 Å². The molecule has 118 valence electrons. The van der Waals surface area contributed by atoms with Crippen molar-refractivity contribution in [2.75, 3.05) is 0 Å². The highest BCUT2D eigenvalue weighted by molar-refractivity contribution is 5.82. The molecular formula is C18H30N2O. The molecule has 0 radical (unpaired) electrons. The summed E-state index contributed by atoms with van der Waals surface area (Å²) in [6.07, 6.45) is 2.01. The third-order valence-electron chi connectivity index (χ3n) is 3.54. The number of aryl methyl sites for hydroxylation is 1. The minimum absolute atomic E-state index is 0.0473. The Morgan fingerprint density at radius 3 is 2.14 bits per heavy atom. The van der Waals surface area contributed by atoms with Gasteiger partial charge in [0, 0.05) is 11.6 Å². The van der Waals surface area contributed by atoms with Crippen LogP contribution in [-0.2, 0) is 11.2 Å². The van der Waals surface area contributed by atoms with Gasteiger partial charge in [-0.25, -0.2) is 0 Å². The first-order chi connectivity index (χ1) is 9.76. The van der Waals surface area contributed by atoms with E-state index in [1.165, 1.54) is 11.1 Å². The lowest BCUT2D eigenvalue weighted by molar-refractivity contribution is -0.124. The van der Waals surface area contributed by atoms with E-state index >= 15 is 0 Å². The van der Waals surface area contributed by atoms with Crippen LogP contribution in [0.25, 0.3) is 0 Å². The largest absolute Gasteiger partial charge is 0.350 e. The lowest BCUT2D eigenvalue weighted by atomic mass is 10.0. The van der Waals surface area contributed by atoms with Crippen LogP contribution < -0.4 is 10.6 Å². The Morgan fingerprint density at radius 1 is 1.14 bits per heavy atom. The number of hydrogen-bond acceptors (Lipinski definition) is 2. The first-order valence-electron chi connectivity index (χ1n) is 7.93. The summed E-state index contributed by atoms with van der Waals surface area (Å²) in [5.41, 5.74) is 2.38. The third-order valence-corrected chi connectivity index (χ3v) is 3.54. The fourth-order valence-corrected chi connectivity index (χ4v) is 2.29. The fourth-order valence-electron chi connectivity index (χ4n) is 2.29. The molecule has 3 heteroatoms. The van der Waals surface area contributed by atoms with Gasteiger partial charge in [0.05, 0.1) is 6.04 Å². The molecule has 1 amide bonds. The normalized spacial score (nSPS) is 14.6. The van der Waals surface area contributed by atoms with Gasteiger partial charge in [-0.2, -0.15) is 0 Å². The Kier molecular flexibility index (Phi) is 6.41. The number of nitrogens with one attached hydrogen (secondary N) is 2. The fraction of sp³-hybridized carbons (Fsp3) is 0.611. The Labute approximate surface area is 129 Å². The number of benzene rings is 1. The second-order valence-corrected chi connectivity index (χ2v) is 6.68. The predicted molar refractivity (Wildman–Crippen MR) is 89.3 cm³/mol. The molecule has 0 aliphatic heterocycles. The van der Waals surface area contributed by atoms with Gasteiger partial charge in [-0.15, -0.1) is 0 Å². The van der Waals surface area contributed by atoms with Crippen LogP contribution in [0, 0.1) is 0 Å². The Bertz CT molecular complexity index is 445. The molecule has 2 atom stereocenters. The van der Waals surface area contributed by atoms with Crippen molar-refractivity contribution >= 4 is 5.91 Å². The lowest BCUT2D eigenvalue weighted by Crippen LogP contribution is -2.50. The van der Waals surface area contributed by atoms with Crippen molar-refractivity contribution in [2.24, 2.45) is 0 Å².